The van der Waals surface area contributed by atoms with E-state index in [1.807, 2.05) is 67.5 Å². The number of aliphatic hydroxyl groups excluding tert-OH is 4. The normalized spacial score (nSPS) is 41.6. The molecule has 18 nitrogen and oxygen atoms in total. The zero-order valence-corrected chi connectivity index (χ0v) is 48.8. The summed E-state index contributed by atoms with van der Waals surface area (Å²) in [6.45, 7) is 25.5. The van der Waals surface area contributed by atoms with Crippen LogP contribution in [0, 0.1) is 35.5 Å². The van der Waals surface area contributed by atoms with E-state index in [4.69, 9.17) is 37.9 Å². The first-order chi connectivity index (χ1) is 36.4. The quantitative estimate of drug-likeness (QED) is 0.0372. The average Bonchev–Trinajstić information content (AvgIpc) is 4.20. The van der Waals surface area contributed by atoms with Crippen LogP contribution in [0.1, 0.15) is 161 Å². The molecule has 0 saturated carbocycles. The molecule has 0 aromatic heterocycles. The number of epoxide rings is 4. The maximum absolute atomic E-state index is 12.7. The summed E-state index contributed by atoms with van der Waals surface area (Å²) in [6, 6.07) is 0. The van der Waals surface area contributed by atoms with Gasteiger partial charge in [-0.05, 0) is 109 Å². The molecule has 4 fully saturated rings. The highest BCUT2D eigenvalue weighted by molar-refractivity contribution is 5.71. The average molecular weight is 1110 g/mol. The summed E-state index contributed by atoms with van der Waals surface area (Å²) in [5.74, 6) is -1.99. The summed E-state index contributed by atoms with van der Waals surface area (Å²) >= 11 is 0. The first-order valence-electron chi connectivity index (χ1n) is 28.7. The second-order valence-corrected chi connectivity index (χ2v) is 24.3. The van der Waals surface area contributed by atoms with Gasteiger partial charge >= 0.3 is 23.9 Å². The number of cyclic esters (lactones) is 2. The number of aliphatic hydroxyl groups is 6. The summed E-state index contributed by atoms with van der Waals surface area (Å²) in [5.41, 5.74) is -2.78. The largest absolute Gasteiger partial charge is 0.458 e. The van der Waals surface area contributed by atoms with Gasteiger partial charge in [0.1, 0.15) is 53.4 Å². The first kappa shape index (κ1) is 65.3. The predicted molar refractivity (Wildman–Crippen MR) is 289 cm³/mol. The van der Waals surface area contributed by atoms with Crippen LogP contribution in [0.3, 0.4) is 0 Å². The minimum atomic E-state index is -1.42. The topological polar surface area (TPSA) is 277 Å². The fourth-order valence-electron chi connectivity index (χ4n) is 11.2. The summed E-state index contributed by atoms with van der Waals surface area (Å²) in [5, 5.41) is 62.9. The van der Waals surface area contributed by atoms with Crippen molar-refractivity contribution in [3.05, 3.63) is 48.1 Å². The lowest BCUT2D eigenvalue weighted by Crippen LogP contribution is -2.43. The SMILES string of the molecule is CCC(O)C(C)C1OC1CC(C)/C=C/C1OC1(C)C1OC(=O)CC(O)CCC(C)(O)C(OC(C)=O)/C=C/C1C.CCC(O)C(C)C1OC1CC(C)C1OC1/C=C(\C)C1OC(=O)CC(O)CCC(C)(O)C(OC(C)=O)/C=C/C1C. The van der Waals surface area contributed by atoms with Crippen molar-refractivity contribution in [1.29, 1.82) is 0 Å². The van der Waals surface area contributed by atoms with Gasteiger partial charge in [-0.25, -0.2) is 0 Å². The Bertz CT molecular complexity index is 2120. The van der Waals surface area contributed by atoms with Crippen molar-refractivity contribution in [2.45, 2.75) is 270 Å². The molecule has 24 atom stereocenters. The number of carbonyl (C=O) groups excluding carboxylic acids is 4. The molecule has 6 heterocycles. The van der Waals surface area contributed by atoms with E-state index in [0.29, 0.717) is 12.8 Å². The molecule has 0 bridgehead atoms. The molecular weight excluding hydrogens is 1010 g/mol. The van der Waals surface area contributed by atoms with E-state index < -0.39 is 77.3 Å². The first-order valence-corrected chi connectivity index (χ1v) is 28.7. The maximum Gasteiger partial charge on any atom is 0.309 e. The smallest absolute Gasteiger partial charge is 0.309 e. The Labute approximate surface area is 463 Å². The van der Waals surface area contributed by atoms with Crippen LogP contribution in [0.25, 0.3) is 0 Å². The molecule has 18 heteroatoms. The Morgan fingerprint density at radius 2 is 1.18 bits per heavy atom. The molecule has 0 spiro atoms. The molecule has 0 aromatic carbocycles. The van der Waals surface area contributed by atoms with E-state index in [-0.39, 0.29) is 129 Å². The highest BCUT2D eigenvalue weighted by atomic mass is 16.7. The lowest BCUT2D eigenvalue weighted by atomic mass is 9.86. The molecule has 444 valence electrons. The standard InChI is InChI=1S/2C30H48O9/c1-8-22(33)19(4)27-23(37-27)15-17(2)9-11-25-30(7,39-25)28-18(3)10-12-24(36-20(5)31)29(6,35)14-13-21(32)16-26(34)38-28;1-8-22(33)19(5)29-24(38-29)14-18(4)28-23(37-28)13-17(3)27-16(2)9-10-25(36-20(6)31)30(7,35)12-11-21(32)15-26(34)39-27/h9-12,17-19,21-25,27-28,32-33,35H,8,13-16H2,1-7H3;9-10,13,16,18-19,21-25,27-29,32-33,35H,8,11-12,14-15H2,1-7H3/b11-9+,12-10+;10-9+,17-13+. The monoisotopic (exact) mass is 1100 g/mol. The number of carbonyl (C=O) groups is 4. The van der Waals surface area contributed by atoms with Crippen LogP contribution in [0.5, 0.6) is 0 Å². The summed E-state index contributed by atoms with van der Waals surface area (Å²) in [6.07, 6.45) is 10.5. The van der Waals surface area contributed by atoms with Gasteiger partial charge in [-0.2, -0.15) is 0 Å². The van der Waals surface area contributed by atoms with E-state index >= 15 is 0 Å². The summed E-state index contributed by atoms with van der Waals surface area (Å²) in [7, 11) is 0. The van der Waals surface area contributed by atoms with Gasteiger partial charge in [0.2, 0.25) is 0 Å². The third-order valence-corrected chi connectivity index (χ3v) is 16.8. The predicted octanol–water partition coefficient (Wildman–Crippen LogP) is 6.46. The van der Waals surface area contributed by atoms with Gasteiger partial charge in [-0.15, -0.1) is 0 Å². The lowest BCUT2D eigenvalue weighted by Gasteiger charge is -2.33. The summed E-state index contributed by atoms with van der Waals surface area (Å²) in [4.78, 5) is 48.8. The summed E-state index contributed by atoms with van der Waals surface area (Å²) < 4.78 is 46.1. The van der Waals surface area contributed by atoms with Crippen molar-refractivity contribution in [3.8, 4) is 0 Å². The number of hydrogen-bond donors (Lipinski definition) is 6. The molecule has 6 N–H and O–H groups in total. The minimum absolute atomic E-state index is 0.0364. The van der Waals surface area contributed by atoms with Crippen molar-refractivity contribution in [3.63, 3.8) is 0 Å². The van der Waals surface area contributed by atoms with Crippen LogP contribution in [0.2, 0.25) is 0 Å². The van der Waals surface area contributed by atoms with Crippen LogP contribution in [0.4, 0.5) is 0 Å². The highest BCUT2D eigenvalue weighted by Gasteiger charge is 2.60. The van der Waals surface area contributed by atoms with Crippen molar-refractivity contribution >= 4 is 23.9 Å². The Morgan fingerprint density at radius 3 is 1.67 bits per heavy atom. The lowest BCUT2D eigenvalue weighted by molar-refractivity contribution is -0.159. The Kier molecular flexibility index (Phi) is 23.4. The number of rotatable bonds is 18. The fourth-order valence-corrected chi connectivity index (χ4v) is 11.2. The second-order valence-electron chi connectivity index (χ2n) is 24.3. The second kappa shape index (κ2) is 27.9. The molecule has 0 aliphatic carbocycles. The molecule has 24 unspecified atom stereocenters. The van der Waals surface area contributed by atoms with Crippen LogP contribution in [-0.4, -0.2) is 163 Å². The van der Waals surface area contributed by atoms with Gasteiger partial charge in [0, 0.05) is 37.5 Å². The Balaban J connectivity index is 0.000000287. The Morgan fingerprint density at radius 1 is 0.705 bits per heavy atom. The highest BCUT2D eigenvalue weighted by Crippen LogP contribution is 2.46. The minimum Gasteiger partial charge on any atom is -0.458 e. The van der Waals surface area contributed by atoms with Crippen LogP contribution in [0.15, 0.2) is 48.1 Å². The molecule has 6 aliphatic heterocycles. The van der Waals surface area contributed by atoms with Crippen molar-refractivity contribution in [2.24, 2.45) is 35.5 Å². The molecule has 6 aliphatic rings. The number of allylic oxidation sites excluding steroid dienone is 1. The van der Waals surface area contributed by atoms with E-state index in [9.17, 15) is 49.8 Å². The number of esters is 4. The van der Waals surface area contributed by atoms with E-state index in [0.717, 1.165) is 18.4 Å². The fraction of sp³-hybridized carbons (Fsp3) is 0.800. The third-order valence-electron chi connectivity index (χ3n) is 16.8. The Hall–Kier alpha value is -3.56. The van der Waals surface area contributed by atoms with Crippen molar-refractivity contribution in [2.75, 3.05) is 0 Å². The number of ether oxygens (including phenoxy) is 8. The molecule has 6 rings (SSSR count). The van der Waals surface area contributed by atoms with Crippen LogP contribution in [-0.2, 0) is 57.1 Å². The zero-order chi connectivity index (χ0) is 58.2. The molecule has 0 radical (unpaired) electrons. The van der Waals surface area contributed by atoms with Gasteiger partial charge in [-0.3, -0.25) is 19.2 Å². The van der Waals surface area contributed by atoms with Crippen LogP contribution >= 0.6 is 0 Å². The number of hydrogen-bond acceptors (Lipinski definition) is 18. The van der Waals surface area contributed by atoms with Gasteiger partial charge < -0.3 is 68.5 Å². The molecule has 78 heavy (non-hydrogen) atoms. The third kappa shape index (κ3) is 18.7. The van der Waals surface area contributed by atoms with E-state index in [1.54, 1.807) is 38.2 Å². The maximum atomic E-state index is 12.7. The molecule has 4 saturated heterocycles. The van der Waals surface area contributed by atoms with E-state index in [2.05, 4.69) is 19.9 Å². The van der Waals surface area contributed by atoms with Gasteiger partial charge in [0.05, 0.1) is 67.8 Å². The van der Waals surface area contributed by atoms with E-state index in [1.165, 1.54) is 13.8 Å². The van der Waals surface area contributed by atoms with Crippen LogP contribution < -0.4 is 0 Å². The molecule has 0 aromatic rings. The van der Waals surface area contributed by atoms with Gasteiger partial charge in [0.25, 0.3) is 0 Å². The van der Waals surface area contributed by atoms with Crippen molar-refractivity contribution < 1.29 is 87.7 Å². The van der Waals surface area contributed by atoms with Gasteiger partial charge in [0.15, 0.2) is 0 Å². The molecule has 0 amide bonds. The van der Waals surface area contributed by atoms with Crippen molar-refractivity contribution in [1.82, 2.24) is 0 Å². The van der Waals surface area contributed by atoms with Gasteiger partial charge in [-0.1, -0.05) is 85.8 Å². The zero-order valence-electron chi connectivity index (χ0n) is 48.8. The molecular formula is C60H96O18.